The van der Waals surface area contributed by atoms with Crippen LogP contribution in [0.5, 0.6) is 17.2 Å². The lowest BCUT2D eigenvalue weighted by atomic mass is 9.89. The molecule has 15 nitrogen and oxygen atoms in total. The lowest BCUT2D eigenvalue weighted by Gasteiger charge is -2.28. The molecular formula is C51H69F12N3O12. The second kappa shape index (κ2) is 33.7. The van der Waals surface area contributed by atoms with Crippen LogP contribution in [-0.2, 0) is 28.6 Å². The highest BCUT2D eigenvalue weighted by atomic mass is 19.3. The van der Waals surface area contributed by atoms with Crippen molar-refractivity contribution in [2.24, 2.45) is 17.8 Å². The van der Waals surface area contributed by atoms with Crippen molar-refractivity contribution < 1.29 is 111 Å². The Balaban J connectivity index is 0.000000585. The summed E-state index contributed by atoms with van der Waals surface area (Å²) in [6, 6.07) is 12.9. The largest absolute Gasteiger partial charge is 0.435 e. The number of ether oxygens (including phenoxy) is 6. The fraction of sp³-hybridized carbons (Fsp3) is 0.588. The molecule has 6 atom stereocenters. The fourth-order valence-corrected chi connectivity index (χ4v) is 6.22. The summed E-state index contributed by atoms with van der Waals surface area (Å²) in [4.78, 5) is 36.6. The van der Waals surface area contributed by atoms with Gasteiger partial charge in [-0.1, -0.05) is 77.9 Å². The molecule has 0 aromatic heterocycles. The summed E-state index contributed by atoms with van der Waals surface area (Å²) in [5, 5.41) is 38.0. The minimum absolute atomic E-state index is 0.178. The third-order valence-corrected chi connectivity index (χ3v) is 11.9. The van der Waals surface area contributed by atoms with E-state index in [4.69, 9.17) is 0 Å². The minimum Gasteiger partial charge on any atom is -0.435 e. The van der Waals surface area contributed by atoms with Crippen LogP contribution in [0.2, 0.25) is 0 Å². The van der Waals surface area contributed by atoms with Crippen LogP contribution in [-0.4, -0.2) is 109 Å². The molecule has 0 heterocycles. The van der Waals surface area contributed by atoms with E-state index in [1.807, 2.05) is 0 Å². The maximum absolute atomic E-state index is 12.4. The summed E-state index contributed by atoms with van der Waals surface area (Å²) < 4.78 is 174. The van der Waals surface area contributed by atoms with Crippen LogP contribution in [0, 0.1) is 17.8 Å². The van der Waals surface area contributed by atoms with E-state index in [0.717, 1.165) is 0 Å². The van der Waals surface area contributed by atoms with E-state index in [1.165, 1.54) is 93.6 Å². The van der Waals surface area contributed by atoms with Crippen LogP contribution in [0.1, 0.15) is 116 Å². The SMILES string of the molecule is CC(C)C(C)(O)CC(=O)N[C@@H](COC(F)F)c1cccc(OC(F)F)c1.CC(C)[C@@](C)(O)CC(=O)N[C@@H](COC(F)F)c1cccc(OC(F)F)c1.CC(C)[C@](C)(O)CC(=O)N[C@@H](COC(F)F)c1cccc(OC(F)F)c1. The van der Waals surface area contributed by atoms with Gasteiger partial charge in [0.25, 0.3) is 0 Å². The molecule has 0 saturated carbocycles. The maximum atomic E-state index is 12.4. The first-order chi connectivity index (χ1) is 36.0. The molecule has 444 valence electrons. The Morgan fingerprint density at radius 1 is 0.410 bits per heavy atom. The maximum Gasteiger partial charge on any atom is 0.387 e. The highest BCUT2D eigenvalue weighted by Crippen LogP contribution is 2.28. The number of carbonyl (C=O) groups excluding carboxylic acids is 3. The molecule has 3 aromatic rings. The van der Waals surface area contributed by atoms with Gasteiger partial charge in [0, 0.05) is 0 Å². The van der Waals surface area contributed by atoms with Gasteiger partial charge in [0.1, 0.15) is 17.2 Å². The van der Waals surface area contributed by atoms with Crippen molar-refractivity contribution in [2.75, 3.05) is 19.8 Å². The van der Waals surface area contributed by atoms with Crippen molar-refractivity contribution >= 4 is 17.7 Å². The first-order valence-corrected chi connectivity index (χ1v) is 23.9. The Morgan fingerprint density at radius 2 is 0.628 bits per heavy atom. The zero-order chi connectivity index (χ0) is 59.7. The van der Waals surface area contributed by atoms with Crippen molar-refractivity contribution in [3.05, 3.63) is 89.5 Å². The van der Waals surface area contributed by atoms with Crippen molar-refractivity contribution in [3.8, 4) is 17.2 Å². The molecule has 0 aliphatic carbocycles. The number of hydrogen-bond donors (Lipinski definition) is 6. The summed E-state index contributed by atoms with van der Waals surface area (Å²) in [6.07, 6.45) is -0.783. The van der Waals surface area contributed by atoms with E-state index < -0.39 is 112 Å². The average Bonchev–Trinajstić information content (AvgIpc) is 3.29. The number of benzene rings is 3. The number of halogens is 12. The topological polar surface area (TPSA) is 203 Å². The molecule has 78 heavy (non-hydrogen) atoms. The lowest BCUT2D eigenvalue weighted by Crippen LogP contribution is -2.40. The molecule has 3 rings (SSSR count). The summed E-state index contributed by atoms with van der Waals surface area (Å²) in [7, 11) is 0. The van der Waals surface area contributed by atoms with E-state index in [-0.39, 0.29) is 71.0 Å². The van der Waals surface area contributed by atoms with Crippen LogP contribution < -0.4 is 30.2 Å². The standard InChI is InChI=1S/3C17H23F4NO4/c3*1-10(2)17(3,24)8-14(23)22-13(9-25-15(18)19)11-5-4-6-12(7-11)26-16(20)21/h3*4-7,10,13,15-16,24H,8-9H2,1-3H3,(H,22,23)/t13-,17?;13-,17+;13-,17-/m000/s1. The van der Waals surface area contributed by atoms with Crippen LogP contribution in [0.4, 0.5) is 52.7 Å². The predicted molar refractivity (Wildman–Crippen MR) is 258 cm³/mol. The van der Waals surface area contributed by atoms with Crippen molar-refractivity contribution in [1.82, 2.24) is 16.0 Å². The monoisotopic (exact) mass is 1140 g/mol. The van der Waals surface area contributed by atoms with Gasteiger partial charge in [0.2, 0.25) is 17.7 Å². The van der Waals surface area contributed by atoms with Gasteiger partial charge in [-0.3, -0.25) is 14.4 Å². The van der Waals surface area contributed by atoms with E-state index >= 15 is 0 Å². The molecular weight excluding hydrogens is 1070 g/mol. The molecule has 3 aromatic carbocycles. The molecule has 3 amide bonds. The summed E-state index contributed by atoms with van der Waals surface area (Å²) >= 11 is 0. The number of aliphatic hydroxyl groups is 3. The molecule has 27 heteroatoms. The lowest BCUT2D eigenvalue weighted by molar-refractivity contribution is -0.141. The summed E-state index contributed by atoms with van der Waals surface area (Å²) in [5.74, 6) is -2.95. The first-order valence-electron chi connectivity index (χ1n) is 23.9. The predicted octanol–water partition coefficient (Wildman–Crippen LogP) is 10.4. The molecule has 6 N–H and O–H groups in total. The highest BCUT2D eigenvalue weighted by molar-refractivity contribution is 5.78. The second-order valence-electron chi connectivity index (χ2n) is 19.1. The van der Waals surface area contributed by atoms with Gasteiger partial charge in [0.05, 0.1) is 74.0 Å². The quantitative estimate of drug-likeness (QED) is 0.0345. The summed E-state index contributed by atoms with van der Waals surface area (Å²) in [5.41, 5.74) is -3.12. The normalized spacial score (nSPS) is 15.2. The van der Waals surface area contributed by atoms with Crippen molar-refractivity contribution in [2.45, 2.75) is 156 Å². The van der Waals surface area contributed by atoms with Crippen molar-refractivity contribution in [3.63, 3.8) is 0 Å². The Kier molecular flexibility index (Phi) is 30.5. The van der Waals surface area contributed by atoms with Gasteiger partial charge < -0.3 is 59.7 Å². The van der Waals surface area contributed by atoms with Gasteiger partial charge in [0.15, 0.2) is 0 Å². The molecule has 0 aliphatic heterocycles. The fourth-order valence-electron chi connectivity index (χ4n) is 6.22. The van der Waals surface area contributed by atoms with Crippen LogP contribution in [0.3, 0.4) is 0 Å². The van der Waals surface area contributed by atoms with Crippen LogP contribution >= 0.6 is 0 Å². The van der Waals surface area contributed by atoms with E-state index in [0.29, 0.717) is 0 Å². The minimum atomic E-state index is -3.06. The van der Waals surface area contributed by atoms with Gasteiger partial charge in [-0.15, -0.1) is 0 Å². The van der Waals surface area contributed by atoms with E-state index in [2.05, 4.69) is 44.4 Å². The van der Waals surface area contributed by atoms with Gasteiger partial charge in [-0.2, -0.15) is 52.7 Å². The molecule has 0 fully saturated rings. The molecule has 0 spiro atoms. The Labute approximate surface area is 444 Å². The van der Waals surface area contributed by atoms with Crippen molar-refractivity contribution in [1.29, 1.82) is 0 Å². The average molecular weight is 1140 g/mol. The number of carbonyl (C=O) groups is 3. The number of nitrogens with one attached hydrogen (secondary N) is 3. The second-order valence-corrected chi connectivity index (χ2v) is 19.1. The smallest absolute Gasteiger partial charge is 0.387 e. The van der Waals surface area contributed by atoms with Crippen LogP contribution in [0.25, 0.3) is 0 Å². The number of amides is 3. The molecule has 0 aliphatic rings. The van der Waals surface area contributed by atoms with Gasteiger partial charge >= 0.3 is 39.7 Å². The zero-order valence-electron chi connectivity index (χ0n) is 44.2. The molecule has 0 radical (unpaired) electrons. The van der Waals surface area contributed by atoms with E-state index in [1.54, 1.807) is 41.5 Å². The summed E-state index contributed by atoms with van der Waals surface area (Å²) in [6.45, 7) is -5.21. The molecule has 0 saturated heterocycles. The Hall–Kier alpha value is -5.61. The highest BCUT2D eigenvalue weighted by Gasteiger charge is 2.32. The molecule has 0 bridgehead atoms. The van der Waals surface area contributed by atoms with Gasteiger partial charge in [-0.25, -0.2) is 0 Å². The molecule has 1 unspecified atom stereocenters. The third-order valence-electron chi connectivity index (χ3n) is 11.9. The van der Waals surface area contributed by atoms with Crippen LogP contribution in [0.15, 0.2) is 72.8 Å². The zero-order valence-corrected chi connectivity index (χ0v) is 44.2. The first kappa shape index (κ1) is 70.4. The number of hydrogen-bond acceptors (Lipinski definition) is 12. The Bertz CT molecular complexity index is 1990. The number of rotatable bonds is 30. The third kappa shape index (κ3) is 28.8. The van der Waals surface area contributed by atoms with E-state index in [9.17, 15) is 82.4 Å². The number of alkyl halides is 12. The Morgan fingerprint density at radius 3 is 0.808 bits per heavy atom. The van der Waals surface area contributed by atoms with Gasteiger partial charge in [-0.05, 0) is 91.6 Å².